The molecule has 6 nitrogen and oxygen atoms in total. The monoisotopic (exact) mass is 411 g/mol. The third-order valence-electron chi connectivity index (χ3n) is 5.57. The lowest BCUT2D eigenvalue weighted by atomic mass is 9.85. The van der Waals surface area contributed by atoms with Crippen LogP contribution in [0.25, 0.3) is 0 Å². The quantitative estimate of drug-likeness (QED) is 0.625. The van der Waals surface area contributed by atoms with Gasteiger partial charge in [0.25, 0.3) is 0 Å². The molecule has 1 heterocycles. The lowest BCUT2D eigenvalue weighted by molar-refractivity contribution is -0.146. The smallest absolute Gasteiger partial charge is 0.323 e. The Hall–Kier alpha value is -1.14. The number of carbonyl (C=O) groups is 2. The Morgan fingerprint density at radius 2 is 1.79 bits per heavy atom. The van der Waals surface area contributed by atoms with Crippen LogP contribution in [-0.2, 0) is 14.3 Å². The lowest BCUT2D eigenvalue weighted by Gasteiger charge is -2.35. The molecule has 2 aliphatic rings. The van der Waals surface area contributed by atoms with Crippen molar-refractivity contribution < 1.29 is 14.3 Å². The number of amides is 1. The fourth-order valence-electron chi connectivity index (χ4n) is 4.49. The van der Waals surface area contributed by atoms with Crippen LogP contribution in [0.3, 0.4) is 0 Å². The van der Waals surface area contributed by atoms with E-state index in [1.807, 2.05) is 41.5 Å². The minimum absolute atomic E-state index is 0. The molecule has 2 fully saturated rings. The van der Waals surface area contributed by atoms with Crippen LogP contribution < -0.4 is 11.1 Å². The van der Waals surface area contributed by atoms with Crippen LogP contribution in [0.4, 0.5) is 0 Å². The van der Waals surface area contributed by atoms with E-state index < -0.39 is 6.04 Å². The van der Waals surface area contributed by atoms with Crippen LogP contribution in [0.5, 0.6) is 0 Å². The van der Waals surface area contributed by atoms with Crippen LogP contribution in [0.15, 0.2) is 0 Å². The number of carbonyl (C=O) groups excluding carboxylic acids is 2. The van der Waals surface area contributed by atoms with Gasteiger partial charge in [0.15, 0.2) is 0 Å². The van der Waals surface area contributed by atoms with E-state index in [0.717, 1.165) is 19.3 Å². The maximum Gasteiger partial charge on any atom is 0.323 e. The molecule has 2 unspecified atom stereocenters. The summed E-state index contributed by atoms with van der Waals surface area (Å²) >= 11 is 0. The van der Waals surface area contributed by atoms with Gasteiger partial charge in [-0.2, -0.15) is 0 Å². The van der Waals surface area contributed by atoms with E-state index >= 15 is 0 Å². The second kappa shape index (κ2) is 11.9. The molecule has 0 radical (unpaired) electrons. The molecular weight excluding hydrogens is 366 g/mol. The fourth-order valence-corrected chi connectivity index (χ4v) is 4.49. The predicted molar refractivity (Wildman–Crippen MR) is 119 cm³/mol. The maximum atomic E-state index is 13.0. The van der Waals surface area contributed by atoms with Gasteiger partial charge in [-0.05, 0) is 73.1 Å². The SMILES string of the molecule is CC(C)(C)N.CCC[C@H](N[C@H](C)C(=O)N1C2CCCCC2C[C@H]1C)C(=O)OCC. The largest absolute Gasteiger partial charge is 0.465 e. The summed E-state index contributed by atoms with van der Waals surface area (Å²) in [5.74, 6) is 0.563. The summed E-state index contributed by atoms with van der Waals surface area (Å²) in [5.41, 5.74) is 5.35. The number of nitrogens with zero attached hydrogens (tertiary/aromatic N) is 1. The molecule has 0 aromatic rings. The van der Waals surface area contributed by atoms with E-state index in [9.17, 15) is 9.59 Å². The number of rotatable bonds is 7. The van der Waals surface area contributed by atoms with E-state index in [2.05, 4.69) is 17.1 Å². The summed E-state index contributed by atoms with van der Waals surface area (Å²) in [6.45, 7) is 14.2. The zero-order valence-electron chi connectivity index (χ0n) is 19.8. The van der Waals surface area contributed by atoms with E-state index in [4.69, 9.17) is 10.5 Å². The van der Waals surface area contributed by atoms with Crippen molar-refractivity contribution in [3.8, 4) is 0 Å². The number of hydrogen-bond acceptors (Lipinski definition) is 5. The number of hydrogen-bond donors (Lipinski definition) is 2. The molecule has 1 saturated carbocycles. The van der Waals surface area contributed by atoms with Gasteiger partial charge in [-0.15, -0.1) is 0 Å². The number of fused-ring (bicyclic) bond motifs is 1. The summed E-state index contributed by atoms with van der Waals surface area (Å²) in [6.07, 6.45) is 7.59. The van der Waals surface area contributed by atoms with E-state index in [-0.39, 0.29) is 23.5 Å². The van der Waals surface area contributed by atoms with Crippen molar-refractivity contribution in [1.29, 1.82) is 0 Å². The summed E-state index contributed by atoms with van der Waals surface area (Å²) in [7, 11) is 0. The lowest BCUT2D eigenvalue weighted by Crippen LogP contribution is -2.54. The number of nitrogens with two attached hydrogens (primary N) is 1. The van der Waals surface area contributed by atoms with E-state index in [1.54, 1.807) is 0 Å². The maximum absolute atomic E-state index is 13.0. The van der Waals surface area contributed by atoms with Crippen molar-refractivity contribution in [3.63, 3.8) is 0 Å². The first kappa shape index (κ1) is 25.9. The summed E-state index contributed by atoms with van der Waals surface area (Å²) in [6, 6.07) is -0.0390. The predicted octanol–water partition coefficient (Wildman–Crippen LogP) is 3.62. The molecule has 0 aromatic heterocycles. The average Bonchev–Trinajstić information content (AvgIpc) is 2.95. The highest BCUT2D eigenvalue weighted by Gasteiger charge is 2.43. The highest BCUT2D eigenvalue weighted by Crippen LogP contribution is 2.39. The molecule has 170 valence electrons. The van der Waals surface area contributed by atoms with Gasteiger partial charge in [-0.25, -0.2) is 0 Å². The first-order valence-electron chi connectivity index (χ1n) is 11.5. The first-order chi connectivity index (χ1) is 13.5. The van der Waals surface area contributed by atoms with Crippen molar-refractivity contribution in [2.45, 2.75) is 123 Å². The number of ether oxygens (including phenoxy) is 1. The molecule has 5 atom stereocenters. The molecule has 1 saturated heterocycles. The Morgan fingerprint density at radius 3 is 2.34 bits per heavy atom. The molecule has 6 heteroatoms. The number of esters is 1. The molecule has 0 bridgehead atoms. The zero-order chi connectivity index (χ0) is 22.2. The Balaban J connectivity index is 0.000000749. The number of nitrogens with one attached hydrogen (secondary N) is 1. The molecule has 0 spiro atoms. The van der Waals surface area contributed by atoms with Crippen molar-refractivity contribution in [3.05, 3.63) is 0 Å². The van der Waals surface area contributed by atoms with Gasteiger partial charge in [-0.3, -0.25) is 14.9 Å². The van der Waals surface area contributed by atoms with Gasteiger partial charge in [0.1, 0.15) is 6.04 Å². The van der Waals surface area contributed by atoms with Crippen LogP contribution in [0.1, 0.15) is 93.4 Å². The van der Waals surface area contributed by atoms with E-state index in [0.29, 0.717) is 31.0 Å². The van der Waals surface area contributed by atoms with E-state index in [1.165, 1.54) is 19.3 Å². The minimum Gasteiger partial charge on any atom is -0.465 e. The highest BCUT2D eigenvalue weighted by molar-refractivity contribution is 5.84. The second-order valence-corrected chi connectivity index (χ2v) is 9.79. The molecule has 1 aliphatic heterocycles. The first-order valence-corrected chi connectivity index (χ1v) is 11.5. The zero-order valence-corrected chi connectivity index (χ0v) is 19.8. The fraction of sp³-hybridized carbons (Fsp3) is 0.913. The molecule has 29 heavy (non-hydrogen) atoms. The van der Waals surface area contributed by atoms with Gasteiger partial charge in [0, 0.05) is 17.6 Å². The summed E-state index contributed by atoms with van der Waals surface area (Å²) < 4.78 is 5.14. The molecule has 1 aliphatic carbocycles. The van der Waals surface area contributed by atoms with Gasteiger partial charge in [0.05, 0.1) is 12.6 Å². The van der Waals surface area contributed by atoms with Crippen molar-refractivity contribution in [2.24, 2.45) is 11.7 Å². The molecule has 2 rings (SSSR count). The normalized spacial score (nSPS) is 26.1. The molecule has 3 N–H and O–H groups in total. The van der Waals surface area contributed by atoms with Gasteiger partial charge in [0.2, 0.25) is 5.91 Å². The average molecular weight is 412 g/mol. The van der Waals surface area contributed by atoms with Crippen LogP contribution in [-0.4, -0.2) is 53.1 Å². The third-order valence-corrected chi connectivity index (χ3v) is 5.57. The molecular formula is C23H45N3O3. The third kappa shape index (κ3) is 8.63. The molecule has 1 amide bonds. The summed E-state index contributed by atoms with van der Waals surface area (Å²) in [4.78, 5) is 27.2. The Labute approximate surface area is 178 Å². The van der Waals surface area contributed by atoms with Gasteiger partial charge >= 0.3 is 5.97 Å². The minimum atomic E-state index is -0.394. The van der Waals surface area contributed by atoms with Crippen molar-refractivity contribution >= 4 is 11.9 Å². The topological polar surface area (TPSA) is 84.7 Å². The van der Waals surface area contributed by atoms with Crippen molar-refractivity contribution in [2.75, 3.05) is 6.61 Å². The standard InChI is InChI=1S/C19H34N2O3.C4H11N/c1-5-9-16(19(23)24-6-2)20-14(4)18(22)21-13(3)12-15-10-7-8-11-17(15)21;1-4(2,3)5/h13-17,20H,5-12H2,1-4H3;5H2,1-3H3/t13-,14-,15?,16+,17?;/m1./s1. The number of likely N-dealkylation sites (tertiary alicyclic amines) is 1. The highest BCUT2D eigenvalue weighted by atomic mass is 16.5. The Bertz CT molecular complexity index is 512. The Kier molecular flexibility index (Phi) is 10.6. The summed E-state index contributed by atoms with van der Waals surface area (Å²) in [5, 5.41) is 3.23. The Morgan fingerprint density at radius 1 is 1.21 bits per heavy atom. The van der Waals surface area contributed by atoms with Crippen molar-refractivity contribution in [1.82, 2.24) is 10.2 Å². The second-order valence-electron chi connectivity index (χ2n) is 9.79. The molecule has 0 aromatic carbocycles. The van der Waals surface area contributed by atoms with Crippen LogP contribution in [0, 0.1) is 5.92 Å². The van der Waals surface area contributed by atoms with Crippen LogP contribution in [0.2, 0.25) is 0 Å². The van der Waals surface area contributed by atoms with Gasteiger partial charge < -0.3 is 15.4 Å². The van der Waals surface area contributed by atoms with Crippen LogP contribution >= 0.6 is 0 Å². The van der Waals surface area contributed by atoms with Gasteiger partial charge in [-0.1, -0.05) is 26.2 Å².